The lowest BCUT2D eigenvalue weighted by atomic mass is 9.95. The molecule has 31 heavy (non-hydrogen) atoms. The highest BCUT2D eigenvalue weighted by Gasteiger charge is 2.47. The molecule has 1 atom stereocenters. The molecule has 0 radical (unpaired) electrons. The second-order valence-electron chi connectivity index (χ2n) is 6.76. The Morgan fingerprint density at radius 1 is 1.13 bits per heavy atom. The largest absolute Gasteiger partial charge is 0.507 e. The number of methoxy groups -OCH3 is 1. The van der Waals surface area contributed by atoms with Gasteiger partial charge in [-0.25, -0.2) is 9.37 Å². The van der Waals surface area contributed by atoms with Gasteiger partial charge in [0.25, 0.3) is 5.78 Å². The number of Topliss-reactive ketones (excluding diaryl/α,β-unsaturated/α-hetero) is 1. The molecule has 1 aliphatic rings. The lowest BCUT2D eigenvalue weighted by Gasteiger charge is -2.24. The van der Waals surface area contributed by atoms with Crippen molar-refractivity contribution in [3.63, 3.8) is 0 Å². The number of ketones is 1. The van der Waals surface area contributed by atoms with Crippen molar-refractivity contribution in [2.24, 2.45) is 0 Å². The molecule has 3 aromatic rings. The van der Waals surface area contributed by atoms with Crippen molar-refractivity contribution < 1.29 is 23.8 Å². The maximum absolute atomic E-state index is 14.0. The van der Waals surface area contributed by atoms with E-state index in [9.17, 15) is 19.1 Å². The van der Waals surface area contributed by atoms with Gasteiger partial charge in [0.05, 0.1) is 23.7 Å². The Morgan fingerprint density at radius 3 is 2.58 bits per heavy atom. The topological polar surface area (TPSA) is 79.7 Å². The van der Waals surface area contributed by atoms with Crippen LogP contribution in [0.25, 0.3) is 5.76 Å². The van der Waals surface area contributed by atoms with Gasteiger partial charge in [-0.1, -0.05) is 29.8 Å². The molecule has 2 aromatic carbocycles. The van der Waals surface area contributed by atoms with Crippen LogP contribution in [0.1, 0.15) is 17.2 Å². The zero-order chi connectivity index (χ0) is 22.1. The second-order valence-corrected chi connectivity index (χ2v) is 7.17. The standard InChI is InChI=1S/C23H16ClFN2O4/c1-31-17-9-8-14(12-16(17)24)21(28)19-20(13-5-4-6-15(25)11-13)27(23(30)22(19)29)18-7-2-3-10-26-18/h2-12,20,28H,1H3/t20-/m1/s1. The van der Waals surface area contributed by atoms with Gasteiger partial charge < -0.3 is 9.84 Å². The van der Waals surface area contributed by atoms with Gasteiger partial charge in [-0.3, -0.25) is 14.5 Å². The summed E-state index contributed by atoms with van der Waals surface area (Å²) in [6, 6.07) is 13.8. The Hall–Kier alpha value is -3.71. The number of anilines is 1. The molecule has 1 aromatic heterocycles. The third-order valence-corrected chi connectivity index (χ3v) is 5.23. The minimum Gasteiger partial charge on any atom is -0.507 e. The van der Waals surface area contributed by atoms with Gasteiger partial charge in [0.2, 0.25) is 0 Å². The second kappa shape index (κ2) is 8.20. The maximum atomic E-state index is 14.0. The lowest BCUT2D eigenvalue weighted by Crippen LogP contribution is -2.30. The van der Waals surface area contributed by atoms with E-state index in [-0.39, 0.29) is 22.0 Å². The van der Waals surface area contributed by atoms with Crippen molar-refractivity contribution in [3.05, 3.63) is 94.4 Å². The average molecular weight is 439 g/mol. The molecule has 1 aliphatic heterocycles. The first-order chi connectivity index (χ1) is 14.9. The van der Waals surface area contributed by atoms with Crippen LogP contribution in [-0.2, 0) is 9.59 Å². The van der Waals surface area contributed by atoms with E-state index in [1.165, 1.54) is 49.7 Å². The zero-order valence-electron chi connectivity index (χ0n) is 16.3. The predicted molar refractivity (Wildman–Crippen MR) is 113 cm³/mol. The van der Waals surface area contributed by atoms with Gasteiger partial charge in [0.1, 0.15) is 23.1 Å². The molecule has 1 amide bonds. The van der Waals surface area contributed by atoms with Crippen LogP contribution in [0.4, 0.5) is 10.2 Å². The quantitative estimate of drug-likeness (QED) is 0.368. The fourth-order valence-electron chi connectivity index (χ4n) is 3.53. The summed E-state index contributed by atoms with van der Waals surface area (Å²) in [7, 11) is 1.45. The third kappa shape index (κ3) is 3.64. The van der Waals surface area contributed by atoms with E-state index < -0.39 is 29.3 Å². The molecule has 1 saturated heterocycles. The SMILES string of the molecule is COc1ccc(C(O)=C2C(=O)C(=O)N(c3ccccn3)[C@@H]2c2cccc(F)c2)cc1Cl. The highest BCUT2D eigenvalue weighted by molar-refractivity contribution is 6.51. The number of carbonyl (C=O) groups is 2. The molecule has 6 nitrogen and oxygen atoms in total. The number of amides is 1. The minimum absolute atomic E-state index is 0.192. The molecule has 0 unspecified atom stereocenters. The molecule has 4 rings (SSSR count). The van der Waals surface area contributed by atoms with Gasteiger partial charge in [0, 0.05) is 11.8 Å². The summed E-state index contributed by atoms with van der Waals surface area (Å²) >= 11 is 6.16. The number of ether oxygens (including phenoxy) is 1. The molecule has 8 heteroatoms. The molecular formula is C23H16ClFN2O4. The number of nitrogens with zero attached hydrogens (tertiary/aromatic N) is 2. The van der Waals surface area contributed by atoms with Crippen molar-refractivity contribution in [2.75, 3.05) is 12.0 Å². The van der Waals surface area contributed by atoms with Crippen LogP contribution in [0.3, 0.4) is 0 Å². The number of halogens is 2. The molecule has 0 bridgehead atoms. The molecule has 0 spiro atoms. The average Bonchev–Trinajstić information content (AvgIpc) is 3.04. The van der Waals surface area contributed by atoms with Crippen LogP contribution >= 0.6 is 11.6 Å². The van der Waals surface area contributed by atoms with Crippen LogP contribution < -0.4 is 9.64 Å². The number of carbonyl (C=O) groups excluding carboxylic acids is 2. The summed E-state index contributed by atoms with van der Waals surface area (Å²) in [4.78, 5) is 31.2. The number of hydrogen-bond acceptors (Lipinski definition) is 5. The van der Waals surface area contributed by atoms with E-state index in [2.05, 4.69) is 4.98 Å². The monoisotopic (exact) mass is 438 g/mol. The van der Waals surface area contributed by atoms with Crippen LogP contribution in [0.2, 0.25) is 5.02 Å². The van der Waals surface area contributed by atoms with E-state index >= 15 is 0 Å². The van der Waals surface area contributed by atoms with Crippen LogP contribution in [0, 0.1) is 5.82 Å². The van der Waals surface area contributed by atoms with Crippen molar-refractivity contribution >= 4 is 34.9 Å². The molecular weight excluding hydrogens is 423 g/mol. The highest BCUT2D eigenvalue weighted by atomic mass is 35.5. The maximum Gasteiger partial charge on any atom is 0.301 e. The Balaban J connectivity index is 1.94. The van der Waals surface area contributed by atoms with Gasteiger partial charge in [0.15, 0.2) is 0 Å². The lowest BCUT2D eigenvalue weighted by molar-refractivity contribution is -0.132. The van der Waals surface area contributed by atoms with Gasteiger partial charge >= 0.3 is 5.91 Å². The zero-order valence-corrected chi connectivity index (χ0v) is 17.0. The summed E-state index contributed by atoms with van der Waals surface area (Å²) in [5, 5.41) is 11.2. The summed E-state index contributed by atoms with van der Waals surface area (Å²) < 4.78 is 19.1. The number of aliphatic hydroxyl groups excluding tert-OH is 1. The Morgan fingerprint density at radius 2 is 1.94 bits per heavy atom. The number of aromatic nitrogens is 1. The van der Waals surface area contributed by atoms with E-state index in [4.69, 9.17) is 16.3 Å². The van der Waals surface area contributed by atoms with Crippen LogP contribution in [0.15, 0.2) is 72.4 Å². The van der Waals surface area contributed by atoms with Crippen molar-refractivity contribution in [3.8, 4) is 5.75 Å². The summed E-state index contributed by atoms with van der Waals surface area (Å²) in [5.74, 6) is -2.19. The summed E-state index contributed by atoms with van der Waals surface area (Å²) in [6.07, 6.45) is 1.47. The molecule has 2 heterocycles. The van der Waals surface area contributed by atoms with Gasteiger partial charge in [-0.15, -0.1) is 0 Å². The first-order valence-electron chi connectivity index (χ1n) is 9.23. The van der Waals surface area contributed by atoms with Gasteiger partial charge in [-0.2, -0.15) is 0 Å². The summed E-state index contributed by atoms with van der Waals surface area (Å²) in [5.41, 5.74) is 0.333. The van der Waals surface area contributed by atoms with Crippen molar-refractivity contribution in [1.29, 1.82) is 0 Å². The smallest absolute Gasteiger partial charge is 0.301 e. The Labute approximate surface area is 182 Å². The minimum atomic E-state index is -1.08. The fraction of sp³-hybridized carbons (Fsp3) is 0.0870. The molecule has 0 aliphatic carbocycles. The third-order valence-electron chi connectivity index (χ3n) is 4.93. The number of rotatable bonds is 4. The van der Waals surface area contributed by atoms with E-state index in [0.717, 1.165) is 4.90 Å². The normalized spacial score (nSPS) is 17.8. The number of aliphatic hydroxyl groups is 1. The van der Waals surface area contributed by atoms with Gasteiger partial charge in [-0.05, 0) is 48.0 Å². The number of pyridine rings is 1. The van der Waals surface area contributed by atoms with E-state index in [1.807, 2.05) is 0 Å². The predicted octanol–water partition coefficient (Wildman–Crippen LogP) is 4.51. The molecule has 156 valence electrons. The first-order valence-corrected chi connectivity index (χ1v) is 9.61. The molecule has 1 fully saturated rings. The Bertz CT molecular complexity index is 1210. The van der Waals surface area contributed by atoms with Crippen LogP contribution in [-0.4, -0.2) is 28.9 Å². The highest BCUT2D eigenvalue weighted by Crippen LogP contribution is 2.42. The fourth-order valence-corrected chi connectivity index (χ4v) is 3.78. The molecule has 0 saturated carbocycles. The first kappa shape index (κ1) is 20.6. The van der Waals surface area contributed by atoms with E-state index in [0.29, 0.717) is 11.3 Å². The van der Waals surface area contributed by atoms with Crippen molar-refractivity contribution in [2.45, 2.75) is 6.04 Å². The van der Waals surface area contributed by atoms with Crippen molar-refractivity contribution in [1.82, 2.24) is 4.98 Å². The van der Waals surface area contributed by atoms with E-state index in [1.54, 1.807) is 24.3 Å². The summed E-state index contributed by atoms with van der Waals surface area (Å²) in [6.45, 7) is 0. The van der Waals surface area contributed by atoms with Crippen LogP contribution in [0.5, 0.6) is 5.75 Å². The molecule has 1 N–H and O–H groups in total. The Kier molecular flexibility index (Phi) is 5.44. The number of hydrogen-bond donors (Lipinski definition) is 1. The number of benzene rings is 2.